The molecular formula is C55H103O9P. The average molecular weight is 939 g/mol. The first-order valence-electron chi connectivity index (χ1n) is 27.1. The van der Waals surface area contributed by atoms with E-state index in [1.807, 2.05) is 0 Å². The van der Waals surface area contributed by atoms with E-state index in [2.05, 4.69) is 62.5 Å². The van der Waals surface area contributed by atoms with Crippen molar-refractivity contribution in [2.45, 2.75) is 264 Å². The second kappa shape index (κ2) is 51.8. The number of carbonyl (C=O) groups excluding carboxylic acids is 1. The lowest BCUT2D eigenvalue weighted by atomic mass is 10.0. The molecule has 0 spiro atoms. The van der Waals surface area contributed by atoms with Gasteiger partial charge in [0.05, 0.1) is 26.4 Å². The molecule has 9 nitrogen and oxygen atoms in total. The lowest BCUT2D eigenvalue weighted by Crippen LogP contribution is -2.29. The van der Waals surface area contributed by atoms with E-state index < -0.39 is 33.2 Å². The van der Waals surface area contributed by atoms with Gasteiger partial charge in [-0.25, -0.2) is 4.57 Å². The number of hydrogen-bond acceptors (Lipinski definition) is 8. The number of esters is 1. The summed E-state index contributed by atoms with van der Waals surface area (Å²) in [6.07, 6.45) is 60.8. The van der Waals surface area contributed by atoms with E-state index in [4.69, 9.17) is 23.6 Å². The Morgan fingerprint density at radius 1 is 0.492 bits per heavy atom. The van der Waals surface area contributed by atoms with Gasteiger partial charge in [-0.1, -0.05) is 242 Å². The van der Waals surface area contributed by atoms with E-state index in [0.29, 0.717) is 6.61 Å². The van der Waals surface area contributed by atoms with Gasteiger partial charge in [-0.05, 0) is 51.4 Å². The van der Waals surface area contributed by atoms with Crippen LogP contribution >= 0.6 is 7.82 Å². The lowest BCUT2D eigenvalue weighted by molar-refractivity contribution is -0.154. The Bertz CT molecular complexity index is 1160. The largest absolute Gasteiger partial charge is 0.472 e. The molecule has 0 aliphatic rings. The average Bonchev–Trinajstić information content (AvgIpc) is 3.30. The minimum absolute atomic E-state index is 0.0493. The molecule has 65 heavy (non-hydrogen) atoms. The molecule has 0 radical (unpaired) electrons. The highest BCUT2D eigenvalue weighted by Gasteiger charge is 2.26. The smallest absolute Gasteiger partial charge is 0.457 e. The van der Waals surface area contributed by atoms with Gasteiger partial charge in [0.25, 0.3) is 0 Å². The van der Waals surface area contributed by atoms with Crippen molar-refractivity contribution in [3.05, 3.63) is 48.6 Å². The van der Waals surface area contributed by atoms with Crippen molar-refractivity contribution in [3.63, 3.8) is 0 Å². The molecule has 0 aromatic heterocycles. The fourth-order valence-electron chi connectivity index (χ4n) is 7.70. The van der Waals surface area contributed by atoms with Crippen LogP contribution in [-0.2, 0) is 27.9 Å². The molecule has 0 bridgehead atoms. The summed E-state index contributed by atoms with van der Waals surface area (Å²) in [4.78, 5) is 22.7. The number of aliphatic hydroxyl groups excluding tert-OH is 2. The first-order valence-corrected chi connectivity index (χ1v) is 28.6. The van der Waals surface area contributed by atoms with Crippen LogP contribution in [0.5, 0.6) is 0 Å². The fraction of sp³-hybridized carbons (Fsp3) is 0.836. The normalized spacial score (nSPS) is 14.1. The first-order chi connectivity index (χ1) is 31.8. The quantitative estimate of drug-likeness (QED) is 0.0236. The predicted octanol–water partition coefficient (Wildman–Crippen LogP) is 16.1. The van der Waals surface area contributed by atoms with Crippen LogP contribution in [0.2, 0.25) is 0 Å². The predicted molar refractivity (Wildman–Crippen MR) is 274 cm³/mol. The molecule has 10 heteroatoms. The minimum atomic E-state index is -4.53. The first kappa shape index (κ1) is 63.4. The van der Waals surface area contributed by atoms with Crippen molar-refractivity contribution >= 4 is 13.8 Å². The SMILES string of the molecule is CC/C=C\C/C=C\C/C=C\C/C=C\CCCCCCCCCCCCCOCC(COP(=O)(O)OCC(O)CO)OC(=O)CCCCCCCCCCCCCCCCCCCCCC. The molecule has 0 amide bonds. The van der Waals surface area contributed by atoms with Crippen LogP contribution in [0.25, 0.3) is 0 Å². The molecule has 0 saturated heterocycles. The van der Waals surface area contributed by atoms with Crippen molar-refractivity contribution in [1.82, 2.24) is 0 Å². The van der Waals surface area contributed by atoms with Gasteiger partial charge in [-0.2, -0.15) is 0 Å². The van der Waals surface area contributed by atoms with Gasteiger partial charge in [-0.3, -0.25) is 13.8 Å². The van der Waals surface area contributed by atoms with Crippen LogP contribution in [-0.4, -0.2) is 66.3 Å². The van der Waals surface area contributed by atoms with Gasteiger partial charge < -0.3 is 24.6 Å². The molecule has 0 aliphatic carbocycles. The molecule has 0 fully saturated rings. The molecule has 0 aromatic carbocycles. The van der Waals surface area contributed by atoms with Crippen molar-refractivity contribution < 1.29 is 43.0 Å². The zero-order valence-corrected chi connectivity index (χ0v) is 43.1. The number of aliphatic hydroxyl groups is 2. The molecule has 3 atom stereocenters. The molecule has 3 N–H and O–H groups in total. The Hall–Kier alpha value is -1.58. The number of unbranched alkanes of at least 4 members (excludes halogenated alkanes) is 30. The van der Waals surface area contributed by atoms with Crippen molar-refractivity contribution in [3.8, 4) is 0 Å². The molecule has 0 saturated carbocycles. The van der Waals surface area contributed by atoms with Crippen LogP contribution in [0.1, 0.15) is 251 Å². The van der Waals surface area contributed by atoms with Gasteiger partial charge in [-0.15, -0.1) is 0 Å². The monoisotopic (exact) mass is 939 g/mol. The summed E-state index contributed by atoms with van der Waals surface area (Å²) in [5.74, 6) is -0.379. The second-order valence-corrected chi connectivity index (χ2v) is 19.7. The van der Waals surface area contributed by atoms with Gasteiger partial charge in [0.2, 0.25) is 0 Å². The molecule has 3 unspecified atom stereocenters. The summed E-state index contributed by atoms with van der Waals surface area (Å²) in [6.45, 7) is 3.45. The van der Waals surface area contributed by atoms with Gasteiger partial charge in [0.1, 0.15) is 12.2 Å². The summed E-state index contributed by atoms with van der Waals surface area (Å²) in [5, 5.41) is 18.4. The van der Waals surface area contributed by atoms with Crippen LogP contribution in [0.3, 0.4) is 0 Å². The summed E-state index contributed by atoms with van der Waals surface area (Å²) >= 11 is 0. The number of hydrogen-bond donors (Lipinski definition) is 3. The summed E-state index contributed by atoms with van der Waals surface area (Å²) in [6, 6.07) is 0. The van der Waals surface area contributed by atoms with Crippen LogP contribution in [0.15, 0.2) is 48.6 Å². The lowest BCUT2D eigenvalue weighted by Gasteiger charge is -2.20. The zero-order valence-electron chi connectivity index (χ0n) is 42.2. The maximum absolute atomic E-state index is 12.7. The van der Waals surface area contributed by atoms with Crippen molar-refractivity contribution in [2.75, 3.05) is 33.0 Å². The molecule has 0 aliphatic heterocycles. The summed E-state index contributed by atoms with van der Waals surface area (Å²) in [5.41, 5.74) is 0. The number of phosphoric ester groups is 1. The van der Waals surface area contributed by atoms with Gasteiger partial charge >= 0.3 is 13.8 Å². The molecule has 0 heterocycles. The van der Waals surface area contributed by atoms with Crippen molar-refractivity contribution in [2.24, 2.45) is 0 Å². The minimum Gasteiger partial charge on any atom is -0.457 e. The number of rotatable bonds is 52. The molecule has 0 rings (SSSR count). The number of carbonyl (C=O) groups is 1. The molecule has 382 valence electrons. The summed E-state index contributed by atoms with van der Waals surface area (Å²) in [7, 11) is -4.53. The van der Waals surface area contributed by atoms with Crippen LogP contribution < -0.4 is 0 Å². The van der Waals surface area contributed by atoms with Gasteiger partial charge in [0, 0.05) is 13.0 Å². The molecular weight excluding hydrogens is 836 g/mol. The standard InChI is InChI=1S/C55H103O9P/c1-3-5-7-9-11-13-15-17-19-21-23-25-26-27-28-30-32-34-36-38-40-42-44-46-48-61-51-54(52-63-65(59,60)62-50-53(57)49-56)64-55(58)47-45-43-41-39-37-35-33-31-29-24-22-20-18-16-14-12-10-8-6-4-2/h5,7,11,13,17,19,23,25,53-54,56-57H,3-4,6,8-10,12,14-16,18,20-22,24,26-52H2,1-2H3,(H,59,60)/b7-5-,13-11-,19-17-,25-23-. The Balaban J connectivity index is 4.02. The van der Waals surface area contributed by atoms with E-state index in [9.17, 15) is 19.4 Å². The number of allylic oxidation sites excluding steroid dienone is 8. The Labute approximate surface area is 400 Å². The highest BCUT2D eigenvalue weighted by atomic mass is 31.2. The van der Waals surface area contributed by atoms with E-state index in [-0.39, 0.29) is 25.6 Å². The highest BCUT2D eigenvalue weighted by Crippen LogP contribution is 2.43. The van der Waals surface area contributed by atoms with E-state index in [1.165, 1.54) is 167 Å². The van der Waals surface area contributed by atoms with E-state index in [0.717, 1.165) is 64.2 Å². The van der Waals surface area contributed by atoms with Crippen LogP contribution in [0, 0.1) is 0 Å². The molecule has 0 aromatic rings. The third kappa shape index (κ3) is 51.7. The Morgan fingerprint density at radius 3 is 1.32 bits per heavy atom. The Morgan fingerprint density at radius 2 is 0.877 bits per heavy atom. The maximum atomic E-state index is 12.7. The fourth-order valence-corrected chi connectivity index (χ4v) is 8.49. The zero-order chi connectivity index (χ0) is 47.4. The summed E-state index contributed by atoms with van der Waals surface area (Å²) < 4.78 is 33.6. The third-order valence-electron chi connectivity index (χ3n) is 11.8. The van der Waals surface area contributed by atoms with Crippen LogP contribution in [0.4, 0.5) is 0 Å². The number of phosphoric acid groups is 1. The van der Waals surface area contributed by atoms with Gasteiger partial charge in [0.15, 0.2) is 0 Å². The highest BCUT2D eigenvalue weighted by molar-refractivity contribution is 7.47. The second-order valence-electron chi connectivity index (χ2n) is 18.2. The van der Waals surface area contributed by atoms with E-state index in [1.54, 1.807) is 0 Å². The third-order valence-corrected chi connectivity index (χ3v) is 12.7. The topological polar surface area (TPSA) is 132 Å². The van der Waals surface area contributed by atoms with Crippen molar-refractivity contribution in [1.29, 1.82) is 0 Å². The number of ether oxygens (including phenoxy) is 2. The maximum Gasteiger partial charge on any atom is 0.472 e. The van der Waals surface area contributed by atoms with E-state index >= 15 is 0 Å². The Kier molecular flexibility index (Phi) is 50.5.